The molecule has 0 spiro atoms. The van der Waals surface area contributed by atoms with E-state index in [0.717, 1.165) is 28.2 Å². The standard InChI is InChI=1S/C25H22N6O3/c32-24-20-6-3-17(13-18(20)14-26-24)22-8-7-21(23-27-15-28-31(22)23)29-19-4-1-16(2-5-19)25(33)30-9-11-34-12-10-30/h1-8,13,15,29H,9-12,14H2,(H,26,32). The summed E-state index contributed by atoms with van der Waals surface area (Å²) in [5, 5.41) is 10.6. The van der Waals surface area contributed by atoms with Crippen LogP contribution in [0.1, 0.15) is 26.3 Å². The molecule has 4 aromatic rings. The van der Waals surface area contributed by atoms with Crippen LogP contribution in [0, 0.1) is 0 Å². The van der Waals surface area contributed by atoms with E-state index in [1.165, 1.54) is 6.33 Å². The number of anilines is 2. The molecule has 2 aliphatic rings. The summed E-state index contributed by atoms with van der Waals surface area (Å²) < 4.78 is 7.11. The number of carbonyl (C=O) groups is 2. The summed E-state index contributed by atoms with van der Waals surface area (Å²) in [5.41, 5.74) is 6.51. The first-order valence-corrected chi connectivity index (χ1v) is 11.2. The highest BCUT2D eigenvalue weighted by molar-refractivity contribution is 5.99. The number of hydrogen-bond donors (Lipinski definition) is 2. The van der Waals surface area contributed by atoms with E-state index >= 15 is 0 Å². The summed E-state index contributed by atoms with van der Waals surface area (Å²) in [6.45, 7) is 2.93. The van der Waals surface area contributed by atoms with Crippen molar-refractivity contribution >= 4 is 28.8 Å². The molecule has 0 atom stereocenters. The number of fused-ring (bicyclic) bond motifs is 2. The molecule has 2 N–H and O–H groups in total. The van der Waals surface area contributed by atoms with E-state index in [9.17, 15) is 9.59 Å². The highest BCUT2D eigenvalue weighted by Crippen LogP contribution is 2.29. The minimum Gasteiger partial charge on any atom is -0.378 e. The molecule has 0 unspecified atom stereocenters. The Labute approximate surface area is 195 Å². The van der Waals surface area contributed by atoms with Crippen LogP contribution in [-0.2, 0) is 11.3 Å². The van der Waals surface area contributed by atoms with Gasteiger partial charge in [0.1, 0.15) is 6.33 Å². The topological polar surface area (TPSA) is 101 Å². The van der Waals surface area contributed by atoms with Crippen LogP contribution < -0.4 is 10.6 Å². The number of rotatable bonds is 4. The Morgan fingerprint density at radius 2 is 1.85 bits per heavy atom. The van der Waals surface area contributed by atoms with Crippen molar-refractivity contribution < 1.29 is 14.3 Å². The Morgan fingerprint density at radius 1 is 1.03 bits per heavy atom. The summed E-state index contributed by atoms with van der Waals surface area (Å²) >= 11 is 0. The smallest absolute Gasteiger partial charge is 0.254 e. The van der Waals surface area contributed by atoms with Gasteiger partial charge in [-0.2, -0.15) is 5.10 Å². The number of morpholine rings is 1. The van der Waals surface area contributed by atoms with Gasteiger partial charge in [0.05, 0.1) is 24.6 Å². The molecule has 6 rings (SSSR count). The number of nitrogens with one attached hydrogen (secondary N) is 2. The minimum absolute atomic E-state index is 0.0188. The highest BCUT2D eigenvalue weighted by Gasteiger charge is 2.20. The quantitative estimate of drug-likeness (QED) is 0.492. The predicted molar refractivity (Wildman–Crippen MR) is 126 cm³/mol. The maximum absolute atomic E-state index is 12.7. The molecule has 0 bridgehead atoms. The number of carbonyl (C=O) groups excluding carboxylic acids is 2. The van der Waals surface area contributed by atoms with Crippen molar-refractivity contribution in [2.45, 2.75) is 6.54 Å². The van der Waals surface area contributed by atoms with Gasteiger partial charge in [0.2, 0.25) is 0 Å². The number of aromatic nitrogens is 3. The highest BCUT2D eigenvalue weighted by atomic mass is 16.5. The number of nitrogens with zero attached hydrogens (tertiary/aromatic N) is 4. The zero-order valence-electron chi connectivity index (χ0n) is 18.3. The molecule has 9 nitrogen and oxygen atoms in total. The molecule has 2 amide bonds. The van der Waals surface area contributed by atoms with E-state index < -0.39 is 0 Å². The van der Waals surface area contributed by atoms with E-state index in [4.69, 9.17) is 4.74 Å². The zero-order valence-corrected chi connectivity index (χ0v) is 18.3. The van der Waals surface area contributed by atoms with Gasteiger partial charge in [0.15, 0.2) is 5.65 Å². The summed E-state index contributed by atoms with van der Waals surface area (Å²) in [6.07, 6.45) is 1.52. The van der Waals surface area contributed by atoms with Crippen molar-refractivity contribution in [3.05, 3.63) is 77.6 Å². The number of pyridine rings is 1. The average molecular weight is 454 g/mol. The SMILES string of the molecule is O=C1NCc2cc(-c3ccc(Nc4ccc(C(=O)N5CCOCC5)cc4)c4ncnn34)ccc21. The average Bonchev–Trinajstić information content (AvgIpc) is 3.52. The molecule has 0 aliphatic carbocycles. The molecule has 9 heteroatoms. The molecule has 0 saturated carbocycles. The van der Waals surface area contributed by atoms with Crippen LogP contribution in [0.15, 0.2) is 60.9 Å². The molecule has 2 aromatic heterocycles. The van der Waals surface area contributed by atoms with Gasteiger partial charge in [0.25, 0.3) is 11.8 Å². The molecule has 2 aliphatic heterocycles. The Morgan fingerprint density at radius 3 is 2.68 bits per heavy atom. The largest absolute Gasteiger partial charge is 0.378 e. The Kier molecular flexibility index (Phi) is 4.96. The number of hydrogen-bond acceptors (Lipinski definition) is 6. The minimum atomic E-state index is -0.0373. The second-order valence-electron chi connectivity index (χ2n) is 8.29. The first-order valence-electron chi connectivity index (χ1n) is 11.2. The monoisotopic (exact) mass is 454 g/mol. The molecule has 170 valence electrons. The Bertz CT molecular complexity index is 1410. The summed E-state index contributed by atoms with van der Waals surface area (Å²) in [7, 11) is 0. The molecule has 34 heavy (non-hydrogen) atoms. The van der Waals surface area contributed by atoms with Crippen molar-refractivity contribution in [1.82, 2.24) is 24.8 Å². The van der Waals surface area contributed by atoms with Gasteiger partial charge in [-0.15, -0.1) is 0 Å². The van der Waals surface area contributed by atoms with Crippen LogP contribution >= 0.6 is 0 Å². The van der Waals surface area contributed by atoms with Crippen LogP contribution in [0.4, 0.5) is 11.4 Å². The fourth-order valence-electron chi connectivity index (χ4n) is 4.42. The Hall–Kier alpha value is -4.24. The first-order chi connectivity index (χ1) is 16.7. The lowest BCUT2D eigenvalue weighted by Crippen LogP contribution is -2.40. The summed E-state index contributed by atoms with van der Waals surface area (Å²) in [6, 6.07) is 17.2. The van der Waals surface area contributed by atoms with Crippen molar-refractivity contribution in [3.63, 3.8) is 0 Å². The third-order valence-corrected chi connectivity index (χ3v) is 6.22. The maximum Gasteiger partial charge on any atom is 0.254 e. The molecule has 0 radical (unpaired) electrons. The van der Waals surface area contributed by atoms with Gasteiger partial charge >= 0.3 is 0 Å². The fraction of sp³-hybridized carbons (Fsp3) is 0.200. The van der Waals surface area contributed by atoms with Crippen LogP contribution in [0.2, 0.25) is 0 Å². The van der Waals surface area contributed by atoms with Gasteiger partial charge in [-0.25, -0.2) is 9.50 Å². The molecule has 2 aromatic carbocycles. The van der Waals surface area contributed by atoms with Crippen LogP contribution in [0.25, 0.3) is 16.9 Å². The predicted octanol–water partition coefficient (Wildman–Crippen LogP) is 2.86. The summed E-state index contributed by atoms with van der Waals surface area (Å²) in [5.74, 6) is -0.0186. The fourth-order valence-corrected chi connectivity index (χ4v) is 4.42. The lowest BCUT2D eigenvalue weighted by Gasteiger charge is -2.26. The van der Waals surface area contributed by atoms with Gasteiger partial charge in [0, 0.05) is 42.0 Å². The van der Waals surface area contributed by atoms with Gasteiger partial charge < -0.3 is 20.3 Å². The third kappa shape index (κ3) is 3.56. The second kappa shape index (κ2) is 8.27. The van der Waals surface area contributed by atoms with Crippen molar-refractivity contribution in [2.75, 3.05) is 31.6 Å². The molecule has 1 fully saturated rings. The normalized spacial score (nSPS) is 15.3. The molecule has 1 saturated heterocycles. The van der Waals surface area contributed by atoms with Crippen molar-refractivity contribution in [2.24, 2.45) is 0 Å². The van der Waals surface area contributed by atoms with E-state index in [0.29, 0.717) is 49.6 Å². The number of benzene rings is 2. The third-order valence-electron chi connectivity index (χ3n) is 6.22. The van der Waals surface area contributed by atoms with Crippen LogP contribution in [-0.4, -0.2) is 57.6 Å². The van der Waals surface area contributed by atoms with Crippen LogP contribution in [0.5, 0.6) is 0 Å². The lowest BCUT2D eigenvalue weighted by molar-refractivity contribution is 0.0303. The van der Waals surface area contributed by atoms with Gasteiger partial charge in [-0.1, -0.05) is 6.07 Å². The van der Waals surface area contributed by atoms with Crippen molar-refractivity contribution in [3.8, 4) is 11.3 Å². The maximum atomic E-state index is 12.7. The number of amides is 2. The van der Waals surface area contributed by atoms with E-state index in [-0.39, 0.29) is 11.8 Å². The molecule has 4 heterocycles. The van der Waals surface area contributed by atoms with Gasteiger partial charge in [-0.3, -0.25) is 9.59 Å². The second-order valence-corrected chi connectivity index (χ2v) is 8.29. The number of ether oxygens (including phenoxy) is 1. The lowest BCUT2D eigenvalue weighted by atomic mass is 10.0. The van der Waals surface area contributed by atoms with E-state index in [1.54, 1.807) is 4.52 Å². The van der Waals surface area contributed by atoms with E-state index in [1.807, 2.05) is 59.5 Å². The Balaban J connectivity index is 1.26. The molecular formula is C25H22N6O3. The first kappa shape index (κ1) is 20.4. The van der Waals surface area contributed by atoms with Crippen molar-refractivity contribution in [1.29, 1.82) is 0 Å². The molecular weight excluding hydrogens is 432 g/mol. The van der Waals surface area contributed by atoms with Crippen LogP contribution in [0.3, 0.4) is 0 Å². The summed E-state index contributed by atoms with van der Waals surface area (Å²) in [4.78, 5) is 30.8. The zero-order chi connectivity index (χ0) is 23.1. The van der Waals surface area contributed by atoms with Gasteiger partial charge in [-0.05, 0) is 54.1 Å². The van der Waals surface area contributed by atoms with E-state index in [2.05, 4.69) is 20.7 Å².